The molecule has 1 rings (SSSR count). The van der Waals surface area contributed by atoms with Crippen molar-refractivity contribution in [1.82, 2.24) is 5.32 Å². The molecule has 22 heavy (non-hydrogen) atoms. The standard InChI is InChI=1S/C17H25NO4/c1-11(2)13(5)18-16(19)10-21-17(20)14-6-8-15(9-7-14)22-12(3)4/h6-9,11-13H,10H2,1-5H3,(H,18,19)/t13-/m1/s1. The summed E-state index contributed by atoms with van der Waals surface area (Å²) in [6.07, 6.45) is 0.0736. The summed E-state index contributed by atoms with van der Waals surface area (Å²) in [6.45, 7) is 9.52. The molecule has 0 radical (unpaired) electrons. The van der Waals surface area contributed by atoms with Crippen molar-refractivity contribution in [3.05, 3.63) is 29.8 Å². The maximum atomic E-state index is 11.9. The molecule has 0 aliphatic heterocycles. The van der Waals surface area contributed by atoms with Crippen molar-refractivity contribution in [2.75, 3.05) is 6.61 Å². The second kappa shape index (κ2) is 8.41. The van der Waals surface area contributed by atoms with Gasteiger partial charge in [0, 0.05) is 6.04 Å². The molecule has 0 bridgehead atoms. The van der Waals surface area contributed by atoms with Gasteiger partial charge in [-0.25, -0.2) is 4.79 Å². The summed E-state index contributed by atoms with van der Waals surface area (Å²) in [4.78, 5) is 23.5. The molecule has 0 saturated carbocycles. The van der Waals surface area contributed by atoms with Crippen molar-refractivity contribution < 1.29 is 19.1 Å². The van der Waals surface area contributed by atoms with Crippen molar-refractivity contribution in [3.8, 4) is 5.75 Å². The lowest BCUT2D eigenvalue weighted by Gasteiger charge is -2.17. The van der Waals surface area contributed by atoms with Crippen LogP contribution in [0.2, 0.25) is 0 Å². The number of hydrogen-bond acceptors (Lipinski definition) is 4. The number of ether oxygens (including phenoxy) is 2. The normalized spacial score (nSPS) is 12.1. The molecule has 1 N–H and O–H groups in total. The predicted octanol–water partition coefficient (Wildman–Crippen LogP) is 2.79. The summed E-state index contributed by atoms with van der Waals surface area (Å²) >= 11 is 0. The molecule has 0 heterocycles. The molecule has 0 aliphatic rings. The van der Waals surface area contributed by atoms with E-state index >= 15 is 0 Å². The number of hydrogen-bond donors (Lipinski definition) is 1. The molecule has 1 amide bonds. The van der Waals surface area contributed by atoms with Crippen LogP contribution in [-0.2, 0) is 9.53 Å². The van der Waals surface area contributed by atoms with Gasteiger partial charge in [0.2, 0.25) is 0 Å². The highest BCUT2D eigenvalue weighted by Crippen LogP contribution is 2.14. The lowest BCUT2D eigenvalue weighted by atomic mass is 10.1. The number of benzene rings is 1. The topological polar surface area (TPSA) is 64.6 Å². The lowest BCUT2D eigenvalue weighted by molar-refractivity contribution is -0.125. The number of amides is 1. The van der Waals surface area contributed by atoms with E-state index < -0.39 is 5.97 Å². The van der Waals surface area contributed by atoms with Gasteiger partial charge in [0.15, 0.2) is 6.61 Å². The summed E-state index contributed by atoms with van der Waals surface area (Å²) in [5, 5.41) is 2.78. The smallest absolute Gasteiger partial charge is 0.338 e. The monoisotopic (exact) mass is 307 g/mol. The molecule has 0 aliphatic carbocycles. The Labute approximate surface area is 132 Å². The van der Waals surface area contributed by atoms with E-state index in [1.807, 2.05) is 34.6 Å². The molecule has 1 atom stereocenters. The number of carbonyl (C=O) groups excluding carboxylic acids is 2. The van der Waals surface area contributed by atoms with Gasteiger partial charge in [-0.05, 0) is 51.0 Å². The molecule has 1 aromatic rings. The van der Waals surface area contributed by atoms with Crippen LogP contribution < -0.4 is 10.1 Å². The van der Waals surface area contributed by atoms with E-state index in [1.165, 1.54) is 0 Å². The first-order valence-corrected chi connectivity index (χ1v) is 7.52. The molecule has 1 aromatic carbocycles. The zero-order valence-corrected chi connectivity index (χ0v) is 13.9. The third-order valence-electron chi connectivity index (χ3n) is 3.18. The highest BCUT2D eigenvalue weighted by atomic mass is 16.5. The molecular weight excluding hydrogens is 282 g/mol. The minimum Gasteiger partial charge on any atom is -0.491 e. The molecular formula is C17H25NO4. The summed E-state index contributed by atoms with van der Waals surface area (Å²) in [5.74, 6) is 0.195. The van der Waals surface area contributed by atoms with Crippen LogP contribution in [0.3, 0.4) is 0 Å². The average molecular weight is 307 g/mol. The first kappa shape index (κ1) is 18.0. The highest BCUT2D eigenvalue weighted by molar-refractivity contribution is 5.91. The van der Waals surface area contributed by atoms with Crippen LogP contribution in [0.25, 0.3) is 0 Å². The maximum Gasteiger partial charge on any atom is 0.338 e. The van der Waals surface area contributed by atoms with E-state index in [0.29, 0.717) is 17.2 Å². The highest BCUT2D eigenvalue weighted by Gasteiger charge is 2.14. The SMILES string of the molecule is CC(C)Oc1ccc(C(=O)OCC(=O)N[C@H](C)C(C)C)cc1. The Morgan fingerprint density at radius 3 is 2.14 bits per heavy atom. The van der Waals surface area contributed by atoms with E-state index in [-0.39, 0.29) is 24.7 Å². The van der Waals surface area contributed by atoms with Gasteiger partial charge in [-0.15, -0.1) is 0 Å². The molecule has 5 heteroatoms. The number of nitrogens with one attached hydrogen (secondary N) is 1. The molecule has 122 valence electrons. The molecule has 0 unspecified atom stereocenters. The number of rotatable bonds is 7. The van der Waals surface area contributed by atoms with Gasteiger partial charge in [-0.1, -0.05) is 13.8 Å². The Hall–Kier alpha value is -2.04. The van der Waals surface area contributed by atoms with Crippen LogP contribution in [-0.4, -0.2) is 30.6 Å². The van der Waals surface area contributed by atoms with Crippen molar-refractivity contribution in [1.29, 1.82) is 0 Å². The van der Waals surface area contributed by atoms with Crippen LogP contribution in [0.1, 0.15) is 45.0 Å². The largest absolute Gasteiger partial charge is 0.491 e. The van der Waals surface area contributed by atoms with Crippen molar-refractivity contribution >= 4 is 11.9 Å². The Bertz CT molecular complexity index is 494. The summed E-state index contributed by atoms with van der Waals surface area (Å²) in [6, 6.07) is 6.69. The van der Waals surface area contributed by atoms with Crippen molar-refractivity contribution in [3.63, 3.8) is 0 Å². The van der Waals surface area contributed by atoms with Crippen molar-refractivity contribution in [2.24, 2.45) is 5.92 Å². The van der Waals surface area contributed by atoms with Crippen LogP contribution in [0, 0.1) is 5.92 Å². The Balaban J connectivity index is 2.46. The van der Waals surface area contributed by atoms with E-state index in [4.69, 9.17) is 9.47 Å². The quantitative estimate of drug-likeness (QED) is 0.787. The first-order valence-electron chi connectivity index (χ1n) is 7.52. The summed E-state index contributed by atoms with van der Waals surface area (Å²) < 4.78 is 10.5. The van der Waals surface area contributed by atoms with Crippen LogP contribution in [0.4, 0.5) is 0 Å². The molecule has 0 saturated heterocycles. The Morgan fingerprint density at radius 1 is 1.05 bits per heavy atom. The van der Waals surface area contributed by atoms with Gasteiger partial charge in [0.1, 0.15) is 5.75 Å². The zero-order valence-electron chi connectivity index (χ0n) is 13.9. The summed E-state index contributed by atoms with van der Waals surface area (Å²) in [5.41, 5.74) is 0.390. The number of carbonyl (C=O) groups is 2. The minimum atomic E-state index is -0.525. The van der Waals surface area contributed by atoms with Gasteiger partial charge in [-0.2, -0.15) is 0 Å². The van der Waals surface area contributed by atoms with Crippen LogP contribution in [0.15, 0.2) is 24.3 Å². The second-order valence-corrected chi connectivity index (χ2v) is 5.87. The van der Waals surface area contributed by atoms with Gasteiger partial charge >= 0.3 is 5.97 Å². The lowest BCUT2D eigenvalue weighted by Crippen LogP contribution is -2.38. The van der Waals surface area contributed by atoms with Gasteiger partial charge in [-0.3, -0.25) is 4.79 Å². The fraction of sp³-hybridized carbons (Fsp3) is 0.529. The third kappa shape index (κ3) is 6.16. The van der Waals surface area contributed by atoms with Crippen LogP contribution >= 0.6 is 0 Å². The van der Waals surface area contributed by atoms with Gasteiger partial charge in [0.05, 0.1) is 11.7 Å². The van der Waals surface area contributed by atoms with E-state index in [0.717, 1.165) is 0 Å². The average Bonchev–Trinajstić information content (AvgIpc) is 2.44. The van der Waals surface area contributed by atoms with Gasteiger partial charge < -0.3 is 14.8 Å². The fourth-order valence-electron chi connectivity index (χ4n) is 1.62. The maximum absolute atomic E-state index is 11.9. The number of esters is 1. The minimum absolute atomic E-state index is 0.0404. The van der Waals surface area contributed by atoms with E-state index in [2.05, 4.69) is 5.32 Å². The Morgan fingerprint density at radius 2 is 1.64 bits per heavy atom. The Kier molecular flexibility index (Phi) is 6.89. The first-order chi connectivity index (χ1) is 10.3. The predicted molar refractivity (Wildman–Crippen MR) is 84.9 cm³/mol. The third-order valence-corrected chi connectivity index (χ3v) is 3.18. The summed E-state index contributed by atoms with van der Waals surface area (Å²) in [7, 11) is 0. The van der Waals surface area contributed by atoms with E-state index in [9.17, 15) is 9.59 Å². The molecule has 5 nitrogen and oxygen atoms in total. The molecule has 0 aromatic heterocycles. The molecule has 0 spiro atoms. The zero-order chi connectivity index (χ0) is 16.7. The van der Waals surface area contributed by atoms with Gasteiger partial charge in [0.25, 0.3) is 5.91 Å². The second-order valence-electron chi connectivity index (χ2n) is 5.87. The molecule has 0 fully saturated rings. The fourth-order valence-corrected chi connectivity index (χ4v) is 1.62. The van der Waals surface area contributed by atoms with E-state index in [1.54, 1.807) is 24.3 Å². The van der Waals surface area contributed by atoms with Crippen molar-refractivity contribution in [2.45, 2.75) is 46.8 Å². The van der Waals surface area contributed by atoms with Crippen LogP contribution in [0.5, 0.6) is 5.75 Å².